The summed E-state index contributed by atoms with van der Waals surface area (Å²) in [6.45, 7) is 1.08. The van der Waals surface area contributed by atoms with Crippen molar-refractivity contribution in [2.45, 2.75) is 50.1 Å². The molecule has 0 bridgehead atoms. The molecule has 2 atom stereocenters. The third-order valence-electron chi connectivity index (χ3n) is 7.38. The van der Waals surface area contributed by atoms with E-state index in [1.807, 2.05) is 60.7 Å². The van der Waals surface area contributed by atoms with Gasteiger partial charge in [-0.3, -0.25) is 19.9 Å². The Morgan fingerprint density at radius 2 is 1.52 bits per heavy atom. The van der Waals surface area contributed by atoms with Crippen molar-refractivity contribution >= 4 is 17.8 Å². The fourth-order valence-electron chi connectivity index (χ4n) is 5.83. The summed E-state index contributed by atoms with van der Waals surface area (Å²) in [5.74, 6) is -0.185. The van der Waals surface area contributed by atoms with E-state index in [0.29, 0.717) is 23.1 Å². The van der Waals surface area contributed by atoms with Crippen LogP contribution in [-0.2, 0) is 15.1 Å². The number of carbonyl (C=O) groups excluding carboxylic acids is 3. The number of amides is 4. The molecule has 1 aliphatic carbocycles. The monoisotopic (exact) mass is 446 g/mol. The lowest BCUT2D eigenvalue weighted by molar-refractivity contribution is -0.139. The van der Waals surface area contributed by atoms with Crippen LogP contribution in [0.5, 0.6) is 0 Å². The minimum Gasteiger partial charge on any atom is -0.314 e. The van der Waals surface area contributed by atoms with Gasteiger partial charge in [0.05, 0.1) is 6.54 Å². The average molecular weight is 447 g/mol. The summed E-state index contributed by atoms with van der Waals surface area (Å²) in [5, 5.41) is 3.72. The summed E-state index contributed by atoms with van der Waals surface area (Å²) in [4.78, 5) is 41.9. The second-order valence-electron chi connectivity index (χ2n) is 9.31. The molecule has 0 unspecified atom stereocenters. The van der Waals surface area contributed by atoms with Crippen molar-refractivity contribution in [2.24, 2.45) is 5.92 Å². The Hall–Kier alpha value is -3.19. The van der Waals surface area contributed by atoms with Crippen molar-refractivity contribution in [3.63, 3.8) is 0 Å². The van der Waals surface area contributed by atoms with E-state index in [2.05, 4.69) is 15.6 Å². The molecule has 3 aliphatic rings. The average Bonchev–Trinajstić information content (AvgIpc) is 3.11. The smallest absolute Gasteiger partial charge is 0.314 e. The summed E-state index contributed by atoms with van der Waals surface area (Å²) in [5.41, 5.74) is 2.52. The molecule has 172 valence electrons. The quantitative estimate of drug-likeness (QED) is 0.692. The Labute approximate surface area is 194 Å². The first kappa shape index (κ1) is 21.6. The number of likely N-dealkylation sites (tertiary alicyclic amines) is 1. The minimum absolute atomic E-state index is 0.196. The number of nitrogens with zero attached hydrogens (tertiary/aromatic N) is 2. The van der Waals surface area contributed by atoms with Gasteiger partial charge in [-0.2, -0.15) is 5.01 Å². The maximum absolute atomic E-state index is 13.7. The number of imide groups is 1. The van der Waals surface area contributed by atoms with Gasteiger partial charge in [-0.05, 0) is 49.3 Å². The van der Waals surface area contributed by atoms with E-state index < -0.39 is 17.5 Å². The Bertz CT molecular complexity index is 985. The van der Waals surface area contributed by atoms with Gasteiger partial charge in [-0.25, -0.2) is 4.79 Å². The SMILES string of the molecule is O=C(CN1CCC[C@H]2CCCC[C@H]21)NN1C(=O)NC(c2ccccc2)(c2ccccc2)C1=O. The lowest BCUT2D eigenvalue weighted by atomic mass is 9.78. The number of carbonyl (C=O) groups is 3. The molecule has 7 nitrogen and oxygen atoms in total. The maximum Gasteiger partial charge on any atom is 0.344 e. The number of nitrogens with one attached hydrogen (secondary N) is 2. The van der Waals surface area contributed by atoms with Crippen LogP contribution < -0.4 is 10.7 Å². The topological polar surface area (TPSA) is 81.8 Å². The molecule has 0 radical (unpaired) electrons. The third kappa shape index (κ3) is 3.91. The highest BCUT2D eigenvalue weighted by molar-refractivity contribution is 6.10. The van der Waals surface area contributed by atoms with E-state index in [9.17, 15) is 14.4 Å². The van der Waals surface area contributed by atoms with Crippen LogP contribution in [0.2, 0.25) is 0 Å². The molecular weight excluding hydrogens is 416 g/mol. The zero-order chi connectivity index (χ0) is 22.8. The van der Waals surface area contributed by atoms with Crippen molar-refractivity contribution in [2.75, 3.05) is 13.1 Å². The van der Waals surface area contributed by atoms with Gasteiger partial charge in [0, 0.05) is 6.04 Å². The fourth-order valence-corrected chi connectivity index (χ4v) is 5.83. The first-order valence-corrected chi connectivity index (χ1v) is 11.9. The molecule has 2 N–H and O–H groups in total. The molecule has 33 heavy (non-hydrogen) atoms. The van der Waals surface area contributed by atoms with Crippen LogP contribution in [0.3, 0.4) is 0 Å². The number of hydrazine groups is 1. The summed E-state index contributed by atoms with van der Waals surface area (Å²) in [6, 6.07) is 18.1. The summed E-state index contributed by atoms with van der Waals surface area (Å²) in [7, 11) is 0. The highest BCUT2D eigenvalue weighted by Crippen LogP contribution is 2.36. The lowest BCUT2D eigenvalue weighted by Gasteiger charge is -2.43. The number of hydrogen-bond donors (Lipinski definition) is 2. The Balaban J connectivity index is 1.37. The molecule has 0 aromatic heterocycles. The number of hydrogen-bond acceptors (Lipinski definition) is 4. The van der Waals surface area contributed by atoms with E-state index in [-0.39, 0.29) is 12.5 Å². The maximum atomic E-state index is 13.7. The standard InChI is InChI=1S/C26H30N4O3/c31-23(18-29-17-9-11-19-10-7-8-16-22(19)29)28-30-24(32)26(27-25(30)33,20-12-3-1-4-13-20)21-14-5-2-6-15-21/h1-6,12-15,19,22H,7-11,16-18H2,(H,27,33)(H,28,31)/t19-,22-/m1/s1. The van der Waals surface area contributed by atoms with E-state index in [4.69, 9.17) is 0 Å². The van der Waals surface area contributed by atoms with E-state index in [1.54, 1.807) is 0 Å². The highest BCUT2D eigenvalue weighted by atomic mass is 16.2. The van der Waals surface area contributed by atoms with Crippen molar-refractivity contribution in [1.29, 1.82) is 0 Å². The van der Waals surface area contributed by atoms with Gasteiger partial charge in [-0.1, -0.05) is 73.5 Å². The molecule has 2 heterocycles. The molecule has 2 aliphatic heterocycles. The molecule has 1 saturated carbocycles. The van der Waals surface area contributed by atoms with Gasteiger partial charge in [0.15, 0.2) is 5.54 Å². The summed E-state index contributed by atoms with van der Waals surface area (Å²) in [6.07, 6.45) is 7.13. The van der Waals surface area contributed by atoms with Crippen molar-refractivity contribution in [3.8, 4) is 0 Å². The first-order chi connectivity index (χ1) is 16.1. The molecule has 5 rings (SSSR count). The second kappa shape index (κ2) is 8.98. The lowest BCUT2D eigenvalue weighted by Crippen LogP contribution is -2.54. The van der Waals surface area contributed by atoms with E-state index in [1.165, 1.54) is 25.7 Å². The molecule has 0 spiro atoms. The number of fused-ring (bicyclic) bond motifs is 1. The van der Waals surface area contributed by atoms with Gasteiger partial charge < -0.3 is 5.32 Å². The first-order valence-electron chi connectivity index (χ1n) is 11.9. The normalized spacial score (nSPS) is 24.8. The van der Waals surface area contributed by atoms with Crippen LogP contribution in [0, 0.1) is 5.92 Å². The second-order valence-corrected chi connectivity index (χ2v) is 9.31. The van der Waals surface area contributed by atoms with Gasteiger partial charge in [-0.15, -0.1) is 0 Å². The van der Waals surface area contributed by atoms with Crippen LogP contribution in [-0.4, -0.2) is 46.9 Å². The van der Waals surface area contributed by atoms with Gasteiger partial charge in [0.2, 0.25) is 0 Å². The predicted octanol–water partition coefficient (Wildman–Crippen LogP) is 3.17. The number of urea groups is 1. The van der Waals surface area contributed by atoms with E-state index >= 15 is 0 Å². The fraction of sp³-hybridized carbons (Fsp3) is 0.423. The van der Waals surface area contributed by atoms with Gasteiger partial charge in [0.1, 0.15) is 0 Å². The largest absolute Gasteiger partial charge is 0.344 e. The van der Waals surface area contributed by atoms with Gasteiger partial charge in [0.25, 0.3) is 11.8 Å². The third-order valence-corrected chi connectivity index (χ3v) is 7.38. The molecule has 2 aromatic carbocycles. The predicted molar refractivity (Wildman–Crippen MR) is 124 cm³/mol. The Morgan fingerprint density at radius 1 is 0.909 bits per heavy atom. The molecule has 4 amide bonds. The van der Waals surface area contributed by atoms with Crippen molar-refractivity contribution in [3.05, 3.63) is 71.8 Å². The van der Waals surface area contributed by atoms with Crippen molar-refractivity contribution < 1.29 is 14.4 Å². The Kier molecular flexibility index (Phi) is 5.89. The Morgan fingerprint density at radius 3 is 2.18 bits per heavy atom. The molecule has 3 fully saturated rings. The number of rotatable bonds is 5. The summed E-state index contributed by atoms with van der Waals surface area (Å²) < 4.78 is 0. The van der Waals surface area contributed by atoms with Crippen LogP contribution in [0.15, 0.2) is 60.7 Å². The molecule has 7 heteroatoms. The van der Waals surface area contributed by atoms with Crippen LogP contribution in [0.25, 0.3) is 0 Å². The minimum atomic E-state index is -1.38. The zero-order valence-electron chi connectivity index (χ0n) is 18.7. The molecule has 2 saturated heterocycles. The molecular formula is C26H30N4O3. The van der Waals surface area contributed by atoms with Crippen LogP contribution >= 0.6 is 0 Å². The molecule has 2 aromatic rings. The highest BCUT2D eigenvalue weighted by Gasteiger charge is 2.54. The number of piperidine rings is 1. The summed E-state index contributed by atoms with van der Waals surface area (Å²) >= 11 is 0. The van der Waals surface area contributed by atoms with Crippen molar-refractivity contribution in [1.82, 2.24) is 20.7 Å². The van der Waals surface area contributed by atoms with Crippen LogP contribution in [0.1, 0.15) is 49.7 Å². The zero-order valence-corrected chi connectivity index (χ0v) is 18.7. The number of benzene rings is 2. The van der Waals surface area contributed by atoms with Gasteiger partial charge >= 0.3 is 6.03 Å². The van der Waals surface area contributed by atoms with E-state index in [0.717, 1.165) is 24.4 Å². The van der Waals surface area contributed by atoms with Crippen LogP contribution in [0.4, 0.5) is 4.79 Å².